The maximum absolute atomic E-state index is 12.7. The van der Waals surface area contributed by atoms with E-state index < -0.39 is 0 Å². The Morgan fingerprint density at radius 1 is 1.38 bits per heavy atom. The number of likely N-dealkylation sites (tertiary alicyclic amines) is 1. The van der Waals surface area contributed by atoms with Crippen LogP contribution in [0.4, 0.5) is 5.82 Å². The van der Waals surface area contributed by atoms with Gasteiger partial charge in [-0.1, -0.05) is 11.6 Å². The number of aliphatic hydroxyl groups excluding tert-OH is 1. The van der Waals surface area contributed by atoms with Gasteiger partial charge in [-0.3, -0.25) is 4.79 Å². The largest absolute Gasteiger partial charge is 0.395 e. The van der Waals surface area contributed by atoms with Gasteiger partial charge >= 0.3 is 0 Å². The zero-order valence-corrected chi connectivity index (χ0v) is 12.7. The summed E-state index contributed by atoms with van der Waals surface area (Å²) in [5.74, 6) is 0.945. The first kappa shape index (κ1) is 14.6. The summed E-state index contributed by atoms with van der Waals surface area (Å²) in [4.78, 5) is 21.0. The molecule has 1 unspecified atom stereocenters. The van der Waals surface area contributed by atoms with Crippen molar-refractivity contribution in [2.45, 2.75) is 19.3 Å². The number of rotatable bonds is 3. The highest BCUT2D eigenvalue weighted by atomic mass is 35.5. The number of carbonyl (C=O) groups is 1. The van der Waals surface area contributed by atoms with E-state index in [0.717, 1.165) is 38.2 Å². The average molecular weight is 310 g/mol. The Bertz CT molecular complexity index is 537. The van der Waals surface area contributed by atoms with Gasteiger partial charge in [0, 0.05) is 32.4 Å². The molecule has 2 aliphatic rings. The quantitative estimate of drug-likeness (QED) is 0.920. The van der Waals surface area contributed by atoms with E-state index in [1.54, 1.807) is 11.1 Å². The molecule has 114 valence electrons. The Balaban J connectivity index is 1.79. The second kappa shape index (κ2) is 5.81. The molecular formula is C15H20ClN3O2. The van der Waals surface area contributed by atoms with E-state index in [4.69, 9.17) is 16.7 Å². The summed E-state index contributed by atoms with van der Waals surface area (Å²) in [6.07, 6.45) is 4.47. The van der Waals surface area contributed by atoms with Gasteiger partial charge in [-0.2, -0.15) is 0 Å². The molecular weight excluding hydrogens is 290 g/mol. The minimum atomic E-state index is -0.325. The number of halogens is 1. The third-order valence-electron chi connectivity index (χ3n) is 4.59. The highest BCUT2D eigenvalue weighted by molar-refractivity contribution is 6.32. The smallest absolute Gasteiger partial charge is 0.230 e. The summed E-state index contributed by atoms with van der Waals surface area (Å²) in [5, 5.41) is 9.73. The molecule has 0 aromatic carbocycles. The van der Waals surface area contributed by atoms with Crippen molar-refractivity contribution in [1.82, 2.24) is 9.88 Å². The lowest BCUT2D eigenvalue weighted by Crippen LogP contribution is -2.50. The van der Waals surface area contributed by atoms with Crippen LogP contribution < -0.4 is 4.90 Å². The van der Waals surface area contributed by atoms with E-state index >= 15 is 0 Å². The molecule has 0 bridgehead atoms. The molecule has 2 saturated heterocycles. The van der Waals surface area contributed by atoms with Crippen LogP contribution in [0.2, 0.25) is 5.02 Å². The normalized spacial score (nSPS) is 25.9. The topological polar surface area (TPSA) is 56.7 Å². The minimum Gasteiger partial charge on any atom is -0.395 e. The molecule has 0 aliphatic carbocycles. The SMILES string of the molecule is O=C1N(CCO)CCCC12CCN(c1ncccc1Cl)C2. The lowest BCUT2D eigenvalue weighted by molar-refractivity contribution is -0.145. The Morgan fingerprint density at radius 3 is 3.00 bits per heavy atom. The van der Waals surface area contributed by atoms with Crippen molar-refractivity contribution in [2.75, 3.05) is 37.7 Å². The lowest BCUT2D eigenvalue weighted by Gasteiger charge is -2.39. The lowest BCUT2D eigenvalue weighted by atomic mass is 9.78. The summed E-state index contributed by atoms with van der Waals surface area (Å²) >= 11 is 6.21. The van der Waals surface area contributed by atoms with Crippen LogP contribution in [0, 0.1) is 5.41 Å². The molecule has 0 radical (unpaired) electrons. The third kappa shape index (κ3) is 2.60. The zero-order chi connectivity index (χ0) is 14.9. The first-order chi connectivity index (χ1) is 10.2. The number of piperidine rings is 1. The molecule has 1 aromatic rings. The van der Waals surface area contributed by atoms with E-state index in [0.29, 0.717) is 18.1 Å². The van der Waals surface area contributed by atoms with Crippen molar-refractivity contribution >= 4 is 23.3 Å². The molecule has 1 spiro atoms. The minimum absolute atomic E-state index is 0.0254. The maximum Gasteiger partial charge on any atom is 0.230 e. The molecule has 0 saturated carbocycles. The van der Waals surface area contributed by atoms with Gasteiger partial charge in [0.05, 0.1) is 17.0 Å². The molecule has 3 heterocycles. The van der Waals surface area contributed by atoms with Crippen molar-refractivity contribution in [3.63, 3.8) is 0 Å². The molecule has 21 heavy (non-hydrogen) atoms. The molecule has 1 N–H and O–H groups in total. The van der Waals surface area contributed by atoms with Gasteiger partial charge in [0.15, 0.2) is 0 Å². The number of aromatic nitrogens is 1. The first-order valence-electron chi connectivity index (χ1n) is 7.42. The molecule has 2 fully saturated rings. The molecule has 3 rings (SSSR count). The summed E-state index contributed by atoms with van der Waals surface area (Å²) in [6.45, 7) is 2.69. The van der Waals surface area contributed by atoms with Crippen molar-refractivity contribution < 1.29 is 9.90 Å². The Morgan fingerprint density at radius 2 is 2.24 bits per heavy atom. The highest BCUT2D eigenvalue weighted by Gasteiger charge is 2.48. The van der Waals surface area contributed by atoms with Gasteiger partial charge in [-0.05, 0) is 31.4 Å². The number of hydrogen-bond donors (Lipinski definition) is 1. The number of hydrogen-bond acceptors (Lipinski definition) is 4. The summed E-state index contributed by atoms with van der Waals surface area (Å²) in [5.41, 5.74) is -0.325. The molecule has 6 heteroatoms. The van der Waals surface area contributed by atoms with E-state index in [1.807, 2.05) is 12.1 Å². The number of anilines is 1. The van der Waals surface area contributed by atoms with Gasteiger partial charge in [-0.25, -0.2) is 4.98 Å². The predicted molar refractivity (Wildman–Crippen MR) is 81.4 cm³/mol. The average Bonchev–Trinajstić information content (AvgIpc) is 2.90. The number of nitrogens with zero attached hydrogens (tertiary/aromatic N) is 3. The van der Waals surface area contributed by atoms with Crippen LogP contribution in [-0.4, -0.2) is 53.7 Å². The van der Waals surface area contributed by atoms with Crippen molar-refractivity contribution in [3.8, 4) is 0 Å². The number of carbonyl (C=O) groups excluding carboxylic acids is 1. The van der Waals surface area contributed by atoms with Crippen LogP contribution in [0.3, 0.4) is 0 Å². The van der Waals surface area contributed by atoms with E-state index in [1.165, 1.54) is 0 Å². The molecule has 2 aliphatic heterocycles. The predicted octanol–water partition coefficient (Wildman–Crippen LogP) is 1.55. The van der Waals surface area contributed by atoms with Crippen molar-refractivity contribution in [2.24, 2.45) is 5.41 Å². The second-order valence-corrected chi connectivity index (χ2v) is 6.29. The van der Waals surface area contributed by atoms with Crippen LogP contribution in [0.1, 0.15) is 19.3 Å². The van der Waals surface area contributed by atoms with Crippen LogP contribution in [0.5, 0.6) is 0 Å². The number of pyridine rings is 1. The third-order valence-corrected chi connectivity index (χ3v) is 4.88. The van der Waals surface area contributed by atoms with E-state index in [9.17, 15) is 4.79 Å². The molecule has 1 amide bonds. The van der Waals surface area contributed by atoms with Gasteiger partial charge in [0.25, 0.3) is 0 Å². The summed E-state index contributed by atoms with van der Waals surface area (Å²) < 4.78 is 0. The van der Waals surface area contributed by atoms with Crippen LogP contribution in [0.25, 0.3) is 0 Å². The monoisotopic (exact) mass is 309 g/mol. The van der Waals surface area contributed by atoms with Crippen LogP contribution in [-0.2, 0) is 4.79 Å². The maximum atomic E-state index is 12.7. The summed E-state index contributed by atoms with van der Waals surface area (Å²) in [6, 6.07) is 3.64. The van der Waals surface area contributed by atoms with Gasteiger partial charge in [-0.15, -0.1) is 0 Å². The van der Waals surface area contributed by atoms with Crippen LogP contribution >= 0.6 is 11.6 Å². The van der Waals surface area contributed by atoms with Gasteiger partial charge in [0.1, 0.15) is 5.82 Å². The number of β-amino-alcohol motifs (C(OH)–C–C–N with tert-alkyl or cyclic N) is 1. The first-order valence-corrected chi connectivity index (χ1v) is 7.80. The molecule has 1 aromatic heterocycles. The van der Waals surface area contributed by atoms with Crippen molar-refractivity contribution in [3.05, 3.63) is 23.4 Å². The number of aliphatic hydroxyl groups is 1. The van der Waals surface area contributed by atoms with Crippen molar-refractivity contribution in [1.29, 1.82) is 0 Å². The molecule has 1 atom stereocenters. The fraction of sp³-hybridized carbons (Fsp3) is 0.600. The Kier molecular flexibility index (Phi) is 4.04. The Labute approximate surface area is 129 Å². The fourth-order valence-corrected chi connectivity index (χ4v) is 3.77. The zero-order valence-electron chi connectivity index (χ0n) is 12.0. The Hall–Kier alpha value is -1.33. The van der Waals surface area contributed by atoms with E-state index in [-0.39, 0.29) is 17.9 Å². The standard InChI is InChI=1S/C15H20ClN3O2/c16-12-3-1-6-17-13(12)19-8-5-15(11-19)4-2-7-18(9-10-20)14(15)21/h1,3,6,20H,2,4-5,7-11H2. The highest BCUT2D eigenvalue weighted by Crippen LogP contribution is 2.42. The number of amides is 1. The second-order valence-electron chi connectivity index (χ2n) is 5.88. The van der Waals surface area contributed by atoms with E-state index in [2.05, 4.69) is 9.88 Å². The molecule has 5 nitrogen and oxygen atoms in total. The fourth-order valence-electron chi connectivity index (χ4n) is 3.53. The summed E-state index contributed by atoms with van der Waals surface area (Å²) in [7, 11) is 0. The van der Waals surface area contributed by atoms with Gasteiger partial charge in [0.2, 0.25) is 5.91 Å². The van der Waals surface area contributed by atoms with Gasteiger partial charge < -0.3 is 14.9 Å². The van der Waals surface area contributed by atoms with Crippen LogP contribution in [0.15, 0.2) is 18.3 Å².